The number of carbonyl (C=O) groups excluding carboxylic acids is 1. The number of nitrogens with one attached hydrogen (secondary N) is 1. The van der Waals surface area contributed by atoms with Crippen LogP contribution in [0, 0.1) is 15.9 Å². The Morgan fingerprint density at radius 1 is 1.50 bits per heavy atom. The Labute approximate surface area is 115 Å². The van der Waals surface area contributed by atoms with E-state index in [0.717, 1.165) is 6.07 Å². The zero-order chi connectivity index (χ0) is 14.9. The smallest absolute Gasteiger partial charge is 0.305 e. The van der Waals surface area contributed by atoms with E-state index in [-0.39, 0.29) is 18.0 Å². The molecule has 20 heavy (non-hydrogen) atoms. The number of rotatable bonds is 3. The van der Waals surface area contributed by atoms with Gasteiger partial charge in [-0.3, -0.25) is 19.8 Å². The van der Waals surface area contributed by atoms with Crippen LogP contribution in [0.5, 0.6) is 0 Å². The maximum Gasteiger partial charge on any atom is 0.305 e. The molecule has 1 fully saturated rings. The number of hydrogen-bond acceptors (Lipinski definition) is 4. The number of halogens is 1. The van der Waals surface area contributed by atoms with Gasteiger partial charge >= 0.3 is 5.69 Å². The fraction of sp³-hybridized carbons (Fsp3) is 0.462. The lowest BCUT2D eigenvalue weighted by atomic mass is 9.98. The van der Waals surface area contributed by atoms with Crippen LogP contribution in [0.4, 0.5) is 10.1 Å². The molecular weight excluding hydrogens is 265 g/mol. The van der Waals surface area contributed by atoms with Gasteiger partial charge in [0.05, 0.1) is 10.5 Å². The zero-order valence-electron chi connectivity index (χ0n) is 11.4. The van der Waals surface area contributed by atoms with E-state index in [1.165, 1.54) is 12.1 Å². The minimum Gasteiger partial charge on any atom is -0.353 e. The predicted octanol–water partition coefficient (Wildman–Crippen LogP) is 1.44. The van der Waals surface area contributed by atoms with Gasteiger partial charge in [-0.05, 0) is 13.8 Å². The molecule has 6 nitrogen and oxygen atoms in total. The monoisotopic (exact) mass is 281 g/mol. The number of amides is 1. The zero-order valence-corrected chi connectivity index (χ0v) is 11.4. The summed E-state index contributed by atoms with van der Waals surface area (Å²) in [5.41, 5.74) is -1.08. The van der Waals surface area contributed by atoms with Crippen molar-refractivity contribution in [1.29, 1.82) is 0 Å². The van der Waals surface area contributed by atoms with E-state index >= 15 is 0 Å². The van der Waals surface area contributed by atoms with Crippen molar-refractivity contribution in [3.63, 3.8) is 0 Å². The normalized spacial score (nSPS) is 18.6. The van der Waals surface area contributed by atoms with Crippen molar-refractivity contribution in [1.82, 2.24) is 10.2 Å². The van der Waals surface area contributed by atoms with Crippen molar-refractivity contribution in [2.24, 2.45) is 0 Å². The molecule has 1 aromatic carbocycles. The first-order chi connectivity index (χ1) is 9.34. The van der Waals surface area contributed by atoms with E-state index in [1.54, 1.807) is 13.8 Å². The quantitative estimate of drug-likeness (QED) is 0.672. The van der Waals surface area contributed by atoms with E-state index < -0.39 is 22.0 Å². The second kappa shape index (κ2) is 5.16. The van der Waals surface area contributed by atoms with E-state index in [2.05, 4.69) is 5.32 Å². The van der Waals surface area contributed by atoms with Crippen molar-refractivity contribution in [2.45, 2.75) is 25.9 Å². The first-order valence-electron chi connectivity index (χ1n) is 6.29. The summed E-state index contributed by atoms with van der Waals surface area (Å²) < 4.78 is 14.1. The largest absolute Gasteiger partial charge is 0.353 e. The molecule has 2 rings (SSSR count). The molecule has 108 valence electrons. The van der Waals surface area contributed by atoms with E-state index in [1.807, 2.05) is 4.90 Å². The fourth-order valence-corrected chi connectivity index (χ4v) is 2.26. The van der Waals surface area contributed by atoms with Crippen LogP contribution in [0.1, 0.15) is 19.4 Å². The Balaban J connectivity index is 2.28. The first-order valence-corrected chi connectivity index (χ1v) is 6.29. The molecule has 1 aliphatic heterocycles. The standard InChI is InChI=1S/C13H16FN3O3/c1-13(2)12(18)15-6-7-16(13)8-9-4-3-5-10(11(9)14)17(19)20/h3-5H,6-8H2,1-2H3,(H,15,18). The summed E-state index contributed by atoms with van der Waals surface area (Å²) in [5, 5.41) is 13.5. The minimum absolute atomic E-state index is 0.130. The Hall–Kier alpha value is -2.02. The lowest BCUT2D eigenvalue weighted by Crippen LogP contribution is -2.61. The van der Waals surface area contributed by atoms with Crippen molar-refractivity contribution in [2.75, 3.05) is 13.1 Å². The van der Waals surface area contributed by atoms with Crippen molar-refractivity contribution < 1.29 is 14.1 Å². The highest BCUT2D eigenvalue weighted by Gasteiger charge is 2.38. The summed E-state index contributed by atoms with van der Waals surface area (Å²) >= 11 is 0. The van der Waals surface area contributed by atoms with Crippen LogP contribution in [0.2, 0.25) is 0 Å². The molecule has 7 heteroatoms. The van der Waals surface area contributed by atoms with Gasteiger partial charge in [0.1, 0.15) is 0 Å². The van der Waals surface area contributed by atoms with Gasteiger partial charge in [0.25, 0.3) is 0 Å². The van der Waals surface area contributed by atoms with E-state index in [4.69, 9.17) is 0 Å². The molecule has 1 amide bonds. The number of piperazine rings is 1. The number of nitrogens with zero attached hydrogens (tertiary/aromatic N) is 2. The van der Waals surface area contributed by atoms with Gasteiger partial charge in [0.2, 0.25) is 11.7 Å². The molecule has 0 radical (unpaired) electrons. The number of carbonyl (C=O) groups is 1. The Morgan fingerprint density at radius 3 is 2.85 bits per heavy atom. The van der Waals surface area contributed by atoms with Crippen molar-refractivity contribution >= 4 is 11.6 Å². The summed E-state index contributed by atoms with van der Waals surface area (Å²) in [6.45, 7) is 4.71. The van der Waals surface area contributed by atoms with Gasteiger partial charge in [-0.15, -0.1) is 0 Å². The van der Waals surface area contributed by atoms with Crippen LogP contribution < -0.4 is 5.32 Å². The summed E-state index contributed by atoms with van der Waals surface area (Å²) in [6.07, 6.45) is 0. The van der Waals surface area contributed by atoms with Crippen LogP contribution >= 0.6 is 0 Å². The van der Waals surface area contributed by atoms with E-state index in [9.17, 15) is 19.3 Å². The first kappa shape index (κ1) is 14.4. The molecule has 1 heterocycles. The fourth-order valence-electron chi connectivity index (χ4n) is 2.26. The average Bonchev–Trinajstić information content (AvgIpc) is 2.37. The molecule has 0 bridgehead atoms. The minimum atomic E-state index is -0.834. The second-order valence-corrected chi connectivity index (χ2v) is 5.24. The SMILES string of the molecule is CC1(C)C(=O)NCCN1Cc1cccc([N+](=O)[O-])c1F. The van der Waals surface area contributed by atoms with Gasteiger partial charge in [-0.1, -0.05) is 12.1 Å². The molecule has 1 aromatic rings. The van der Waals surface area contributed by atoms with Crippen LogP contribution in [0.25, 0.3) is 0 Å². The van der Waals surface area contributed by atoms with Gasteiger partial charge in [0, 0.05) is 31.3 Å². The van der Waals surface area contributed by atoms with E-state index in [0.29, 0.717) is 13.1 Å². The maximum absolute atomic E-state index is 14.1. The highest BCUT2D eigenvalue weighted by atomic mass is 19.1. The van der Waals surface area contributed by atoms with Gasteiger partial charge in [-0.25, -0.2) is 0 Å². The Kier molecular flexibility index (Phi) is 3.71. The highest BCUT2D eigenvalue weighted by Crippen LogP contribution is 2.25. The van der Waals surface area contributed by atoms with Crippen LogP contribution in [0.3, 0.4) is 0 Å². The molecule has 0 unspecified atom stereocenters. The lowest BCUT2D eigenvalue weighted by Gasteiger charge is -2.41. The topological polar surface area (TPSA) is 75.5 Å². The van der Waals surface area contributed by atoms with Gasteiger partial charge in [0.15, 0.2) is 0 Å². The maximum atomic E-state index is 14.1. The molecule has 1 N–H and O–H groups in total. The van der Waals surface area contributed by atoms with Crippen molar-refractivity contribution in [3.05, 3.63) is 39.7 Å². The third-order valence-electron chi connectivity index (χ3n) is 3.63. The summed E-state index contributed by atoms with van der Waals surface area (Å²) in [5.74, 6) is -0.964. The number of nitro benzene ring substituents is 1. The van der Waals surface area contributed by atoms with Crippen LogP contribution in [-0.4, -0.2) is 34.4 Å². The molecule has 0 aromatic heterocycles. The van der Waals surface area contributed by atoms with Gasteiger partial charge < -0.3 is 5.32 Å². The van der Waals surface area contributed by atoms with Crippen molar-refractivity contribution in [3.8, 4) is 0 Å². The Morgan fingerprint density at radius 2 is 2.20 bits per heavy atom. The number of benzene rings is 1. The third kappa shape index (κ3) is 2.49. The number of nitro groups is 1. The molecule has 1 aliphatic rings. The number of hydrogen-bond donors (Lipinski definition) is 1. The second-order valence-electron chi connectivity index (χ2n) is 5.24. The molecular formula is C13H16FN3O3. The average molecular weight is 281 g/mol. The third-order valence-corrected chi connectivity index (χ3v) is 3.63. The molecule has 1 saturated heterocycles. The summed E-state index contributed by atoms with van der Waals surface area (Å²) in [4.78, 5) is 23.6. The molecule has 0 aliphatic carbocycles. The molecule has 0 atom stereocenters. The molecule has 0 spiro atoms. The van der Waals surface area contributed by atoms with Crippen LogP contribution in [0.15, 0.2) is 18.2 Å². The van der Waals surface area contributed by atoms with Crippen LogP contribution in [-0.2, 0) is 11.3 Å². The predicted molar refractivity (Wildman–Crippen MR) is 70.6 cm³/mol. The van der Waals surface area contributed by atoms with Gasteiger partial charge in [-0.2, -0.15) is 4.39 Å². The summed E-state index contributed by atoms with van der Waals surface area (Å²) in [7, 11) is 0. The summed E-state index contributed by atoms with van der Waals surface area (Å²) in [6, 6.07) is 4.09. The highest BCUT2D eigenvalue weighted by molar-refractivity contribution is 5.86. The Bertz CT molecular complexity index is 560. The lowest BCUT2D eigenvalue weighted by molar-refractivity contribution is -0.387. The molecule has 0 saturated carbocycles.